The Morgan fingerprint density at radius 2 is 1.73 bits per heavy atom. The third-order valence-electron chi connectivity index (χ3n) is 4.54. The summed E-state index contributed by atoms with van der Waals surface area (Å²) in [5.41, 5.74) is 1.93. The predicted octanol–water partition coefficient (Wildman–Crippen LogP) is 6.63. The highest BCUT2D eigenvalue weighted by Gasteiger charge is 2.33. The second kappa shape index (κ2) is 8.44. The summed E-state index contributed by atoms with van der Waals surface area (Å²) < 4.78 is 44.4. The third-order valence-corrected chi connectivity index (χ3v) is 4.54. The fourth-order valence-corrected chi connectivity index (χ4v) is 2.91. The van der Waals surface area contributed by atoms with Crippen LogP contribution < -0.4 is 10.1 Å². The summed E-state index contributed by atoms with van der Waals surface area (Å²) in [5.74, 6) is 0.0605. The largest absolute Gasteiger partial charge is 0.450 e. The van der Waals surface area contributed by atoms with E-state index >= 15 is 0 Å². The molecule has 3 aromatic carbocycles. The highest BCUT2D eigenvalue weighted by Crippen LogP contribution is 2.38. The van der Waals surface area contributed by atoms with E-state index in [4.69, 9.17) is 4.74 Å². The number of nitro groups is 1. The number of hydrogen-bond acceptors (Lipinski definition) is 4. The Morgan fingerprint density at radius 3 is 2.43 bits per heavy atom. The van der Waals surface area contributed by atoms with Gasteiger partial charge in [0.25, 0.3) is 0 Å². The van der Waals surface area contributed by atoms with Gasteiger partial charge in [-0.1, -0.05) is 30.3 Å². The fraction of sp³-hybridized carbons (Fsp3) is 0.182. The maximum absolute atomic E-state index is 12.9. The first kappa shape index (κ1) is 21.2. The molecule has 0 atom stereocenters. The lowest BCUT2D eigenvalue weighted by molar-refractivity contribution is -0.385. The van der Waals surface area contributed by atoms with Crippen molar-refractivity contribution in [1.82, 2.24) is 0 Å². The molecule has 3 aromatic rings. The molecule has 0 aliphatic carbocycles. The summed E-state index contributed by atoms with van der Waals surface area (Å²) in [6.07, 6.45) is -4.68. The smallest absolute Gasteiger partial charge is 0.416 e. The van der Waals surface area contributed by atoms with Crippen molar-refractivity contribution in [3.05, 3.63) is 93.0 Å². The van der Waals surface area contributed by atoms with Gasteiger partial charge in [0.2, 0.25) is 5.75 Å². The van der Waals surface area contributed by atoms with E-state index in [1.54, 1.807) is 24.3 Å². The van der Waals surface area contributed by atoms with Gasteiger partial charge >= 0.3 is 11.9 Å². The van der Waals surface area contributed by atoms with Crippen molar-refractivity contribution in [3.63, 3.8) is 0 Å². The predicted molar refractivity (Wildman–Crippen MR) is 108 cm³/mol. The summed E-state index contributed by atoms with van der Waals surface area (Å²) in [6.45, 7) is 4.32. The van der Waals surface area contributed by atoms with E-state index in [2.05, 4.69) is 5.32 Å². The molecule has 0 spiro atoms. The number of ether oxygens (including phenoxy) is 1. The van der Waals surface area contributed by atoms with Crippen molar-refractivity contribution in [1.29, 1.82) is 0 Å². The van der Waals surface area contributed by atoms with Crippen LogP contribution >= 0.6 is 0 Å². The molecule has 0 fully saturated rings. The Bertz CT molecular complexity index is 1080. The average Bonchev–Trinajstić information content (AvgIpc) is 2.69. The number of halogens is 3. The Morgan fingerprint density at radius 1 is 1.00 bits per heavy atom. The van der Waals surface area contributed by atoms with Crippen LogP contribution in [0, 0.1) is 24.0 Å². The van der Waals surface area contributed by atoms with E-state index in [1.807, 2.05) is 32.0 Å². The van der Waals surface area contributed by atoms with Gasteiger partial charge in [0.15, 0.2) is 0 Å². The molecule has 3 rings (SSSR count). The summed E-state index contributed by atoms with van der Waals surface area (Å²) in [6, 6.07) is 15.1. The molecule has 0 unspecified atom stereocenters. The number of aryl methyl sites for hydroxylation is 2. The van der Waals surface area contributed by atoms with Gasteiger partial charge in [0.05, 0.1) is 10.5 Å². The number of nitrogens with one attached hydrogen (secondary N) is 1. The number of alkyl halides is 3. The normalized spacial score (nSPS) is 11.2. The molecule has 30 heavy (non-hydrogen) atoms. The van der Waals surface area contributed by atoms with E-state index in [0.717, 1.165) is 28.9 Å². The van der Waals surface area contributed by atoms with Crippen LogP contribution in [0.2, 0.25) is 0 Å². The van der Waals surface area contributed by atoms with E-state index < -0.39 is 22.4 Å². The molecule has 8 heteroatoms. The zero-order chi connectivity index (χ0) is 21.9. The minimum absolute atomic E-state index is 0.257. The van der Waals surface area contributed by atoms with Gasteiger partial charge < -0.3 is 10.1 Å². The maximum Gasteiger partial charge on any atom is 0.416 e. The van der Waals surface area contributed by atoms with E-state index in [1.165, 1.54) is 0 Å². The molecule has 156 valence electrons. The molecule has 0 aliphatic rings. The second-order valence-corrected chi connectivity index (χ2v) is 6.82. The van der Waals surface area contributed by atoms with Gasteiger partial charge in [0, 0.05) is 23.9 Å². The van der Waals surface area contributed by atoms with Gasteiger partial charge in [0.1, 0.15) is 5.75 Å². The van der Waals surface area contributed by atoms with Crippen LogP contribution in [0.15, 0.2) is 60.7 Å². The molecular weight excluding hydrogens is 397 g/mol. The Balaban J connectivity index is 1.88. The first-order chi connectivity index (χ1) is 14.1. The molecule has 0 aromatic heterocycles. The van der Waals surface area contributed by atoms with Crippen molar-refractivity contribution < 1.29 is 22.8 Å². The van der Waals surface area contributed by atoms with Crippen molar-refractivity contribution in [2.75, 3.05) is 5.32 Å². The summed E-state index contributed by atoms with van der Waals surface area (Å²) >= 11 is 0. The SMILES string of the molecule is Cc1ccc(C)c(NCc2ccccc2Oc2ccc(C(F)(F)F)cc2[N+](=O)[O-])c1. The summed E-state index contributed by atoms with van der Waals surface area (Å²) in [5, 5.41) is 14.6. The lowest BCUT2D eigenvalue weighted by Gasteiger charge is -2.15. The van der Waals surface area contributed by atoms with Crippen LogP contribution in [0.25, 0.3) is 0 Å². The Labute approximate surface area is 171 Å². The molecular formula is C22H19F3N2O3. The highest BCUT2D eigenvalue weighted by atomic mass is 19.4. The first-order valence-corrected chi connectivity index (χ1v) is 9.07. The highest BCUT2D eigenvalue weighted by molar-refractivity contribution is 5.55. The summed E-state index contributed by atoms with van der Waals surface area (Å²) in [4.78, 5) is 10.4. The van der Waals surface area contributed by atoms with E-state index in [-0.39, 0.29) is 5.75 Å². The van der Waals surface area contributed by atoms with Crippen molar-refractivity contribution >= 4 is 11.4 Å². The van der Waals surface area contributed by atoms with E-state index in [9.17, 15) is 23.3 Å². The van der Waals surface area contributed by atoms with Gasteiger partial charge in [-0.05, 0) is 49.2 Å². The fourth-order valence-electron chi connectivity index (χ4n) is 2.91. The zero-order valence-corrected chi connectivity index (χ0v) is 16.3. The average molecular weight is 416 g/mol. The molecule has 0 saturated heterocycles. The van der Waals surface area contributed by atoms with Gasteiger partial charge in [-0.2, -0.15) is 13.2 Å². The monoisotopic (exact) mass is 416 g/mol. The van der Waals surface area contributed by atoms with Crippen molar-refractivity contribution in [2.45, 2.75) is 26.6 Å². The number of nitro benzene ring substituents is 1. The molecule has 0 radical (unpaired) electrons. The zero-order valence-electron chi connectivity index (χ0n) is 16.3. The second-order valence-electron chi connectivity index (χ2n) is 6.82. The molecule has 0 aliphatic heterocycles. The maximum atomic E-state index is 12.9. The number of benzene rings is 3. The van der Waals surface area contributed by atoms with Gasteiger partial charge in [-0.3, -0.25) is 10.1 Å². The molecule has 0 heterocycles. The minimum atomic E-state index is -4.68. The van der Waals surface area contributed by atoms with Crippen LogP contribution in [0.3, 0.4) is 0 Å². The van der Waals surface area contributed by atoms with Crippen LogP contribution in [0.4, 0.5) is 24.5 Å². The number of hydrogen-bond donors (Lipinski definition) is 1. The van der Waals surface area contributed by atoms with Crippen LogP contribution in [0.1, 0.15) is 22.3 Å². The molecule has 1 N–H and O–H groups in total. The minimum Gasteiger partial charge on any atom is -0.450 e. The van der Waals surface area contributed by atoms with Gasteiger partial charge in [-0.25, -0.2) is 0 Å². The Kier molecular flexibility index (Phi) is 5.96. The Hall–Kier alpha value is -3.55. The molecule has 0 bridgehead atoms. The van der Waals surface area contributed by atoms with Crippen molar-refractivity contribution in [3.8, 4) is 11.5 Å². The van der Waals surface area contributed by atoms with E-state index in [0.29, 0.717) is 23.9 Å². The van der Waals surface area contributed by atoms with Crippen molar-refractivity contribution in [2.24, 2.45) is 0 Å². The standard InChI is InChI=1S/C22H19F3N2O3/c1-14-7-8-15(2)18(11-14)26-13-16-5-3-4-6-20(16)30-21-10-9-17(22(23,24)25)12-19(21)27(28)29/h3-12,26H,13H2,1-2H3. The number of nitrogens with zero attached hydrogens (tertiary/aromatic N) is 1. The van der Waals surface area contributed by atoms with Crippen LogP contribution in [0.5, 0.6) is 11.5 Å². The summed E-state index contributed by atoms with van der Waals surface area (Å²) in [7, 11) is 0. The quantitative estimate of drug-likeness (QED) is 0.362. The topological polar surface area (TPSA) is 64.4 Å². The molecule has 0 saturated carbocycles. The number of para-hydroxylation sites is 1. The lowest BCUT2D eigenvalue weighted by Crippen LogP contribution is -2.06. The van der Waals surface area contributed by atoms with Gasteiger partial charge in [-0.15, -0.1) is 0 Å². The molecule has 0 amide bonds. The molecule has 5 nitrogen and oxygen atoms in total. The van der Waals surface area contributed by atoms with Crippen LogP contribution in [-0.4, -0.2) is 4.92 Å². The number of anilines is 1. The third kappa shape index (κ3) is 4.89. The first-order valence-electron chi connectivity index (χ1n) is 9.07. The lowest BCUT2D eigenvalue weighted by atomic mass is 10.1. The van der Waals surface area contributed by atoms with Crippen LogP contribution in [-0.2, 0) is 12.7 Å². The number of rotatable bonds is 6.